The highest BCUT2D eigenvalue weighted by molar-refractivity contribution is 6.03. The largest absolute Gasteiger partial charge is 0.459 e. The molecule has 67 heavy (non-hydrogen) atoms. The van der Waals surface area contributed by atoms with Gasteiger partial charge in [0.2, 0.25) is 12.6 Å². The number of hydrogen-bond acceptors (Lipinski definition) is 12. The summed E-state index contributed by atoms with van der Waals surface area (Å²) in [6.45, 7) is 8.64. The van der Waals surface area contributed by atoms with Crippen molar-refractivity contribution in [2.24, 2.45) is 22.9 Å². The third-order valence-corrected chi connectivity index (χ3v) is 13.1. The van der Waals surface area contributed by atoms with Gasteiger partial charge in [-0.3, -0.25) is 9.69 Å². The Hall–Kier alpha value is -6.41. The zero-order valence-electron chi connectivity index (χ0n) is 37.8. The second-order valence-electron chi connectivity index (χ2n) is 17.3. The van der Waals surface area contributed by atoms with E-state index in [1.54, 1.807) is 41.3 Å². The number of rotatable bonds is 23. The molecular formula is C54H60N2O11. The Balaban J connectivity index is 1.33. The van der Waals surface area contributed by atoms with Crippen molar-refractivity contribution in [3.63, 3.8) is 0 Å². The number of aliphatic hydroxyl groups is 2. The van der Waals surface area contributed by atoms with Gasteiger partial charge in [-0.05, 0) is 103 Å². The Morgan fingerprint density at radius 2 is 1.64 bits per heavy atom. The van der Waals surface area contributed by atoms with Crippen LogP contribution >= 0.6 is 0 Å². The van der Waals surface area contributed by atoms with Crippen LogP contribution in [0.3, 0.4) is 0 Å². The molecule has 6 atom stereocenters. The minimum atomic E-state index is -1.53. The number of ether oxygens (including phenoxy) is 6. The van der Waals surface area contributed by atoms with Crippen molar-refractivity contribution in [2.45, 2.75) is 82.3 Å². The fourth-order valence-electron chi connectivity index (χ4n) is 10.1. The molecule has 8 rings (SSSR count). The van der Waals surface area contributed by atoms with E-state index in [0.29, 0.717) is 59.3 Å². The molecule has 352 valence electrons. The van der Waals surface area contributed by atoms with Gasteiger partial charge in [0.25, 0.3) is 0 Å². The molecule has 2 aliphatic heterocycles. The van der Waals surface area contributed by atoms with Gasteiger partial charge >= 0.3 is 6.09 Å². The lowest BCUT2D eigenvalue weighted by molar-refractivity contribution is -0.256. The van der Waals surface area contributed by atoms with Gasteiger partial charge < -0.3 is 43.5 Å². The fraction of sp³-hybridized carbons (Fsp3) is 0.389. The SMILES string of the molecule is C=CCCOC(=O)N(Cc1ccc2c(c1)OCO2)C1CC(=NOCc2ccccc2)C2=CC(CCCCO)C(CCCCO)C3c4cc(Oc5cccc(C=O)c5)ccc4OC1(OCC=C)C23. The summed E-state index contributed by atoms with van der Waals surface area (Å²) in [5, 5.41) is 25.0. The minimum absolute atomic E-state index is 0.0165. The summed E-state index contributed by atoms with van der Waals surface area (Å²) < 4.78 is 38.5. The van der Waals surface area contributed by atoms with Gasteiger partial charge in [-0.15, -0.1) is 13.2 Å². The molecule has 1 amide bonds. The van der Waals surface area contributed by atoms with Gasteiger partial charge in [0.05, 0.1) is 24.8 Å². The minimum Gasteiger partial charge on any atom is -0.459 e. The number of unbranched alkanes of at least 4 members (excludes halogenated alkanes) is 2. The normalized spacial score (nSPS) is 22.6. The van der Waals surface area contributed by atoms with Gasteiger partial charge in [-0.25, -0.2) is 4.79 Å². The molecule has 13 heteroatoms. The number of nitrogens with zero attached hydrogens (tertiary/aromatic N) is 2. The van der Waals surface area contributed by atoms with Crippen LogP contribution in [0.1, 0.15) is 84.3 Å². The molecule has 2 aliphatic carbocycles. The maximum Gasteiger partial charge on any atom is 0.410 e. The third kappa shape index (κ3) is 10.6. The average molecular weight is 913 g/mol. The molecular weight excluding hydrogens is 853 g/mol. The Bertz CT molecular complexity index is 2420. The van der Waals surface area contributed by atoms with Crippen LogP contribution in [0.4, 0.5) is 4.79 Å². The number of carbonyl (C=O) groups excluding carboxylic acids is 2. The summed E-state index contributed by atoms with van der Waals surface area (Å²) in [6.07, 6.45) is 10.9. The monoisotopic (exact) mass is 912 g/mol. The van der Waals surface area contributed by atoms with Gasteiger partial charge in [0.1, 0.15) is 36.2 Å². The molecule has 1 saturated carbocycles. The van der Waals surface area contributed by atoms with Crippen LogP contribution in [0.25, 0.3) is 0 Å². The van der Waals surface area contributed by atoms with Crippen molar-refractivity contribution in [3.05, 3.63) is 150 Å². The zero-order chi connectivity index (χ0) is 46.6. The van der Waals surface area contributed by atoms with Gasteiger partial charge in [-0.2, -0.15) is 0 Å². The molecule has 2 N–H and O–H groups in total. The van der Waals surface area contributed by atoms with E-state index in [1.807, 2.05) is 66.7 Å². The fourth-order valence-corrected chi connectivity index (χ4v) is 10.1. The van der Waals surface area contributed by atoms with Crippen molar-refractivity contribution in [1.82, 2.24) is 4.90 Å². The van der Waals surface area contributed by atoms with E-state index < -0.39 is 23.8 Å². The number of benzene rings is 4. The zero-order valence-corrected chi connectivity index (χ0v) is 37.8. The number of oxime groups is 1. The van der Waals surface area contributed by atoms with E-state index >= 15 is 0 Å². The topological polar surface area (TPSA) is 155 Å². The van der Waals surface area contributed by atoms with Crippen molar-refractivity contribution in [1.29, 1.82) is 0 Å². The molecule has 1 fully saturated rings. The van der Waals surface area contributed by atoms with Crippen LogP contribution in [0.15, 0.2) is 133 Å². The van der Waals surface area contributed by atoms with Crippen LogP contribution in [0.2, 0.25) is 0 Å². The second kappa shape index (κ2) is 22.4. The lowest BCUT2D eigenvalue weighted by Gasteiger charge is -2.59. The Labute approximate surface area is 392 Å². The lowest BCUT2D eigenvalue weighted by atomic mass is 9.55. The molecule has 2 heterocycles. The molecule has 4 aromatic rings. The van der Waals surface area contributed by atoms with Gasteiger partial charge in [0, 0.05) is 43.2 Å². The molecule has 0 aromatic heterocycles. The molecule has 6 unspecified atom stereocenters. The first-order chi connectivity index (χ1) is 32.9. The molecule has 0 bridgehead atoms. The van der Waals surface area contributed by atoms with E-state index in [2.05, 4.69) is 19.2 Å². The highest BCUT2D eigenvalue weighted by Crippen LogP contribution is 2.62. The Morgan fingerprint density at radius 3 is 2.43 bits per heavy atom. The number of amides is 1. The highest BCUT2D eigenvalue weighted by atomic mass is 16.7. The van der Waals surface area contributed by atoms with Gasteiger partial charge in [-0.1, -0.05) is 84.8 Å². The average Bonchev–Trinajstić information content (AvgIpc) is 3.83. The number of hydrogen-bond donors (Lipinski definition) is 2. The quantitative estimate of drug-likeness (QED) is 0.0316. The Kier molecular flexibility index (Phi) is 15.7. The molecule has 4 aromatic carbocycles. The van der Waals surface area contributed by atoms with E-state index in [1.165, 1.54) is 0 Å². The number of carbonyl (C=O) groups is 2. The van der Waals surface area contributed by atoms with Crippen molar-refractivity contribution in [3.8, 4) is 28.7 Å². The molecule has 0 radical (unpaired) electrons. The summed E-state index contributed by atoms with van der Waals surface area (Å²) in [6, 6.07) is 27.3. The maximum atomic E-state index is 14.9. The second-order valence-corrected chi connectivity index (χ2v) is 17.3. The van der Waals surface area contributed by atoms with E-state index in [-0.39, 0.29) is 70.5 Å². The molecule has 0 spiro atoms. The summed E-state index contributed by atoms with van der Waals surface area (Å²) in [5.74, 6) is 0.405. The maximum absolute atomic E-state index is 14.9. The van der Waals surface area contributed by atoms with Crippen LogP contribution in [-0.2, 0) is 27.5 Å². The highest BCUT2D eigenvalue weighted by Gasteiger charge is 2.65. The van der Waals surface area contributed by atoms with E-state index in [0.717, 1.165) is 54.2 Å². The first-order valence-corrected chi connectivity index (χ1v) is 23.3. The Morgan fingerprint density at radius 1 is 0.851 bits per heavy atom. The summed E-state index contributed by atoms with van der Waals surface area (Å²) in [7, 11) is 0. The first kappa shape index (κ1) is 47.1. The summed E-state index contributed by atoms with van der Waals surface area (Å²) in [4.78, 5) is 34.5. The number of aldehydes is 1. The lowest BCUT2D eigenvalue weighted by Crippen LogP contribution is -2.70. The predicted molar refractivity (Wildman–Crippen MR) is 252 cm³/mol. The molecule has 13 nitrogen and oxygen atoms in total. The van der Waals surface area contributed by atoms with Gasteiger partial charge in [0.15, 0.2) is 11.5 Å². The predicted octanol–water partition coefficient (Wildman–Crippen LogP) is 10.1. The third-order valence-electron chi connectivity index (χ3n) is 13.1. The van der Waals surface area contributed by atoms with Crippen molar-refractivity contribution < 1.29 is 53.1 Å². The number of fused-ring (bicyclic) bond motifs is 3. The van der Waals surface area contributed by atoms with Crippen LogP contribution in [-0.4, -0.2) is 78.3 Å². The smallest absolute Gasteiger partial charge is 0.410 e. The summed E-state index contributed by atoms with van der Waals surface area (Å²) >= 11 is 0. The number of aliphatic hydroxyl groups excluding tert-OH is 2. The van der Waals surface area contributed by atoms with Crippen LogP contribution in [0, 0.1) is 17.8 Å². The molecule has 4 aliphatic rings. The van der Waals surface area contributed by atoms with Crippen molar-refractivity contribution in [2.75, 3.05) is 33.2 Å². The van der Waals surface area contributed by atoms with Crippen LogP contribution in [0.5, 0.6) is 28.7 Å². The standard InChI is InChI=1S/C54H60N2O11/c1-3-5-27-61-53(60)56(33-38-20-22-48-49(29-38)63-36-62-48)50-32-46(55-65-35-37-14-7-6-8-15-37)44-30-40(17-9-11-24-57)43(19-10-12-25-58)51-45-31-42(66-41-18-13-16-39(28-41)34-59)21-23-47(45)67-54(50,52(44)51)64-26-4-2/h3-4,6-8,13-16,18,20-23,28-31,34,40,43,50-52,57-58H,1-2,5,9-12,17,19,24-27,32-33,35-36H2. The first-order valence-electron chi connectivity index (χ1n) is 23.3. The van der Waals surface area contributed by atoms with Crippen LogP contribution < -0.4 is 18.9 Å². The van der Waals surface area contributed by atoms with Crippen molar-refractivity contribution >= 4 is 18.1 Å². The molecule has 0 saturated heterocycles. The van der Waals surface area contributed by atoms with E-state index in [9.17, 15) is 19.8 Å². The number of allylic oxidation sites excluding steroid dienone is 1. The van der Waals surface area contributed by atoms with E-state index in [4.69, 9.17) is 38.4 Å². The summed E-state index contributed by atoms with van der Waals surface area (Å²) in [5.41, 5.74) is 4.63.